The van der Waals surface area contributed by atoms with E-state index in [9.17, 15) is 18.0 Å². The van der Waals surface area contributed by atoms with Crippen molar-refractivity contribution in [3.8, 4) is 16.9 Å². The highest BCUT2D eigenvalue weighted by atomic mass is 32.2. The number of ether oxygens (including phenoxy) is 1. The molecule has 0 saturated carbocycles. The van der Waals surface area contributed by atoms with Crippen LogP contribution in [0.5, 0.6) is 5.75 Å². The highest BCUT2D eigenvalue weighted by Gasteiger charge is 2.25. The Morgan fingerprint density at radius 3 is 2.68 bits per heavy atom. The van der Waals surface area contributed by atoms with Crippen LogP contribution in [0.15, 0.2) is 73.1 Å². The van der Waals surface area contributed by atoms with Gasteiger partial charge in [-0.05, 0) is 85.2 Å². The summed E-state index contributed by atoms with van der Waals surface area (Å²) in [6.45, 7) is 5.65. The van der Waals surface area contributed by atoms with Crippen LogP contribution in [0.3, 0.4) is 0 Å². The molecule has 0 atom stereocenters. The van der Waals surface area contributed by atoms with Crippen LogP contribution in [0.4, 0.5) is 5.69 Å². The molecule has 1 aliphatic rings. The maximum Gasteiger partial charge on any atom is 0.283 e. The Morgan fingerprint density at radius 1 is 1.07 bits per heavy atom. The summed E-state index contributed by atoms with van der Waals surface area (Å²) in [6, 6.07) is 18.8. The van der Waals surface area contributed by atoms with Crippen molar-refractivity contribution >= 4 is 27.6 Å². The predicted octanol–water partition coefficient (Wildman–Crippen LogP) is 4.93. The Hall–Kier alpha value is -4.48. The van der Waals surface area contributed by atoms with E-state index in [0.29, 0.717) is 32.5 Å². The molecular weight excluding hydrogens is 580 g/mol. The number of aryl methyl sites for hydroxylation is 1. The first kappa shape index (κ1) is 31.0. The van der Waals surface area contributed by atoms with E-state index >= 15 is 0 Å². The molecule has 5 rings (SSSR count). The van der Waals surface area contributed by atoms with Gasteiger partial charge in [0, 0.05) is 36.0 Å². The second-order valence-corrected chi connectivity index (χ2v) is 12.4. The normalized spacial score (nSPS) is 12.9. The van der Waals surface area contributed by atoms with E-state index in [2.05, 4.69) is 23.4 Å². The average Bonchev–Trinajstić information content (AvgIpc) is 3.47. The Labute approximate surface area is 257 Å². The number of nitrogens with zero attached hydrogens (tertiary/aromatic N) is 3. The molecule has 44 heavy (non-hydrogen) atoms. The molecule has 10 nitrogen and oxygen atoms in total. The third kappa shape index (κ3) is 7.53. The summed E-state index contributed by atoms with van der Waals surface area (Å²) in [7, 11) is -4.32. The average molecular weight is 617 g/mol. The number of amides is 2. The number of aromatic nitrogens is 2. The molecule has 2 heterocycles. The first-order valence-electron chi connectivity index (χ1n) is 14.6. The van der Waals surface area contributed by atoms with E-state index in [-0.39, 0.29) is 11.5 Å². The Bertz CT molecular complexity index is 1780. The van der Waals surface area contributed by atoms with E-state index in [0.717, 1.165) is 52.1 Å². The van der Waals surface area contributed by atoms with Gasteiger partial charge in [-0.1, -0.05) is 36.4 Å². The third-order valence-electron chi connectivity index (χ3n) is 7.79. The Morgan fingerprint density at radius 2 is 1.86 bits per heavy atom. The van der Waals surface area contributed by atoms with Crippen molar-refractivity contribution in [2.75, 3.05) is 23.9 Å². The lowest BCUT2D eigenvalue weighted by Gasteiger charge is -2.31. The number of carbonyl (C=O) groups excluding carboxylic acids is 2. The van der Waals surface area contributed by atoms with E-state index in [1.807, 2.05) is 54.4 Å². The zero-order valence-electron chi connectivity index (χ0n) is 24.8. The van der Waals surface area contributed by atoms with E-state index < -0.39 is 21.9 Å². The fourth-order valence-corrected chi connectivity index (χ4v) is 5.73. The SMILES string of the molecule is Cc1cccc(OCCCC(=O)N2CCCc3c(-c4cnn(Cc5cccc(C(=O)NCS(=O)(=O)O)c5)c4)cccc32)c1C. The molecule has 2 N–H and O–H groups in total. The number of carbonyl (C=O) groups is 2. The molecule has 0 radical (unpaired) electrons. The topological polar surface area (TPSA) is 131 Å². The minimum atomic E-state index is -4.32. The molecule has 0 aliphatic carbocycles. The molecule has 230 valence electrons. The van der Waals surface area contributed by atoms with Gasteiger partial charge in [0.25, 0.3) is 16.0 Å². The van der Waals surface area contributed by atoms with Gasteiger partial charge in [0.2, 0.25) is 5.91 Å². The van der Waals surface area contributed by atoms with Gasteiger partial charge in [0.15, 0.2) is 0 Å². The van der Waals surface area contributed by atoms with E-state index in [1.165, 1.54) is 5.56 Å². The molecule has 1 aliphatic heterocycles. The van der Waals surface area contributed by atoms with Crippen molar-refractivity contribution in [2.45, 2.75) is 46.1 Å². The van der Waals surface area contributed by atoms with Gasteiger partial charge >= 0.3 is 0 Å². The van der Waals surface area contributed by atoms with Crippen molar-refractivity contribution in [3.05, 3.63) is 101 Å². The number of nitrogens with one attached hydrogen (secondary N) is 1. The van der Waals surface area contributed by atoms with Crippen molar-refractivity contribution in [1.29, 1.82) is 0 Å². The smallest absolute Gasteiger partial charge is 0.283 e. The molecule has 1 aromatic heterocycles. The monoisotopic (exact) mass is 616 g/mol. The molecule has 0 unspecified atom stereocenters. The maximum absolute atomic E-state index is 13.3. The van der Waals surface area contributed by atoms with Crippen LogP contribution in [0.1, 0.15) is 51.9 Å². The van der Waals surface area contributed by atoms with Crippen LogP contribution >= 0.6 is 0 Å². The summed E-state index contributed by atoms with van der Waals surface area (Å²) < 4.78 is 38.5. The lowest BCUT2D eigenvalue weighted by atomic mass is 9.93. The van der Waals surface area contributed by atoms with Gasteiger partial charge < -0.3 is 15.0 Å². The first-order valence-corrected chi connectivity index (χ1v) is 16.2. The third-order valence-corrected chi connectivity index (χ3v) is 8.30. The standard InChI is InChI=1S/C33H36N4O6S/c1-23-8-3-14-31(24(23)2)43-17-7-15-32(38)37-16-6-12-29-28(11-5-13-30(29)37)27-19-35-36(21-27)20-25-9-4-10-26(18-25)33(39)34-22-44(40,41)42/h3-5,8-11,13-14,18-19,21H,6-7,12,15-17,20,22H2,1-2H3,(H,34,39)(H,40,41,42). The van der Waals surface area contributed by atoms with Crippen LogP contribution in [-0.4, -0.2) is 53.6 Å². The second-order valence-electron chi connectivity index (χ2n) is 11.0. The highest BCUT2D eigenvalue weighted by molar-refractivity contribution is 7.85. The molecule has 0 bridgehead atoms. The molecule has 0 spiro atoms. The molecule has 3 aromatic carbocycles. The molecule has 0 saturated heterocycles. The summed E-state index contributed by atoms with van der Waals surface area (Å²) in [5, 5.41) is 6.72. The number of hydrogen-bond donors (Lipinski definition) is 2. The summed E-state index contributed by atoms with van der Waals surface area (Å²) in [6.07, 6.45) is 6.50. The lowest BCUT2D eigenvalue weighted by molar-refractivity contribution is -0.118. The first-order chi connectivity index (χ1) is 21.1. The fourth-order valence-electron chi connectivity index (χ4n) is 5.42. The Kier molecular flexibility index (Phi) is 9.46. The number of hydrogen-bond acceptors (Lipinski definition) is 6. The maximum atomic E-state index is 13.3. The van der Waals surface area contributed by atoms with Gasteiger partial charge in [-0.2, -0.15) is 13.5 Å². The van der Waals surface area contributed by atoms with Gasteiger partial charge in [-0.3, -0.25) is 18.8 Å². The predicted molar refractivity (Wildman–Crippen MR) is 168 cm³/mol. The van der Waals surface area contributed by atoms with Crippen molar-refractivity contribution in [3.63, 3.8) is 0 Å². The summed E-state index contributed by atoms with van der Waals surface area (Å²) in [4.78, 5) is 27.5. The van der Waals surface area contributed by atoms with Crippen molar-refractivity contribution in [2.24, 2.45) is 0 Å². The quantitative estimate of drug-likeness (QED) is 0.181. The van der Waals surface area contributed by atoms with Crippen LogP contribution in [0, 0.1) is 13.8 Å². The van der Waals surface area contributed by atoms with Gasteiger partial charge in [0.05, 0.1) is 19.3 Å². The summed E-state index contributed by atoms with van der Waals surface area (Å²) >= 11 is 0. The molecular formula is C33H36N4O6S. The molecule has 11 heteroatoms. The zero-order chi connectivity index (χ0) is 31.3. The van der Waals surface area contributed by atoms with Crippen LogP contribution in [0.25, 0.3) is 11.1 Å². The van der Waals surface area contributed by atoms with Crippen molar-refractivity contribution in [1.82, 2.24) is 15.1 Å². The summed E-state index contributed by atoms with van der Waals surface area (Å²) in [5.41, 5.74) is 7.39. The number of benzene rings is 3. The number of anilines is 1. The zero-order valence-corrected chi connectivity index (χ0v) is 25.6. The molecule has 4 aromatic rings. The van der Waals surface area contributed by atoms with Gasteiger partial charge in [0.1, 0.15) is 11.6 Å². The van der Waals surface area contributed by atoms with Gasteiger partial charge in [-0.15, -0.1) is 0 Å². The minimum Gasteiger partial charge on any atom is -0.493 e. The molecule has 0 fully saturated rings. The number of rotatable bonds is 11. The summed E-state index contributed by atoms with van der Waals surface area (Å²) in [5.74, 6) is -0.510. The van der Waals surface area contributed by atoms with Crippen LogP contribution in [0.2, 0.25) is 0 Å². The van der Waals surface area contributed by atoms with E-state index in [1.54, 1.807) is 29.1 Å². The highest BCUT2D eigenvalue weighted by Crippen LogP contribution is 2.36. The van der Waals surface area contributed by atoms with E-state index in [4.69, 9.17) is 9.29 Å². The number of fused-ring (bicyclic) bond motifs is 1. The lowest BCUT2D eigenvalue weighted by Crippen LogP contribution is -2.35. The largest absolute Gasteiger partial charge is 0.493 e. The Balaban J connectivity index is 1.24. The fraction of sp³-hybridized carbons (Fsp3) is 0.303. The van der Waals surface area contributed by atoms with Crippen LogP contribution < -0.4 is 15.0 Å². The van der Waals surface area contributed by atoms with Crippen molar-refractivity contribution < 1.29 is 27.3 Å². The second kappa shape index (κ2) is 13.4. The minimum absolute atomic E-state index is 0.0869. The van der Waals surface area contributed by atoms with Crippen LogP contribution in [-0.2, 0) is 27.9 Å². The van der Waals surface area contributed by atoms with Gasteiger partial charge in [-0.25, -0.2) is 0 Å². The molecule has 2 amide bonds.